The molecule has 1 aliphatic heterocycles. The van der Waals surface area contributed by atoms with Crippen molar-refractivity contribution in [1.82, 2.24) is 15.5 Å². The predicted molar refractivity (Wildman–Crippen MR) is 105 cm³/mol. The standard InChI is InChI=1S/C20H32F2N4O/c1-3-23-20(24-10-7-16-5-6-17(21)15-19(16)22)25-18-8-12-26(13-9-18)11-4-14-27-2/h5-6,15,18H,3-4,7-14H2,1-2H3,(H2,23,24,25). The van der Waals surface area contributed by atoms with E-state index in [1.54, 1.807) is 7.11 Å². The van der Waals surface area contributed by atoms with Crippen LogP contribution in [0.3, 0.4) is 0 Å². The third kappa shape index (κ3) is 7.81. The average molecular weight is 382 g/mol. The summed E-state index contributed by atoms with van der Waals surface area (Å²) < 4.78 is 31.8. The average Bonchev–Trinajstić information content (AvgIpc) is 2.65. The van der Waals surface area contributed by atoms with E-state index in [0.29, 0.717) is 24.6 Å². The van der Waals surface area contributed by atoms with E-state index < -0.39 is 11.6 Å². The molecule has 1 heterocycles. The molecule has 0 unspecified atom stereocenters. The summed E-state index contributed by atoms with van der Waals surface area (Å²) in [7, 11) is 1.74. The first-order chi connectivity index (χ1) is 13.1. The molecule has 0 spiro atoms. The van der Waals surface area contributed by atoms with Gasteiger partial charge in [-0.05, 0) is 44.2 Å². The Bertz CT molecular complexity index is 589. The largest absolute Gasteiger partial charge is 0.385 e. The third-order valence-electron chi connectivity index (χ3n) is 4.76. The minimum atomic E-state index is -0.552. The zero-order valence-electron chi connectivity index (χ0n) is 16.4. The van der Waals surface area contributed by atoms with Gasteiger partial charge in [0.25, 0.3) is 0 Å². The summed E-state index contributed by atoms with van der Waals surface area (Å²) in [6.07, 6.45) is 3.66. The Labute approximate surface area is 161 Å². The van der Waals surface area contributed by atoms with Gasteiger partial charge in [0.2, 0.25) is 0 Å². The van der Waals surface area contributed by atoms with E-state index in [1.165, 1.54) is 12.1 Å². The van der Waals surface area contributed by atoms with Crippen LogP contribution in [0.2, 0.25) is 0 Å². The van der Waals surface area contributed by atoms with Gasteiger partial charge >= 0.3 is 0 Å². The molecular formula is C20H32F2N4O. The van der Waals surface area contributed by atoms with Crippen LogP contribution in [0.5, 0.6) is 0 Å². The Morgan fingerprint density at radius 3 is 2.74 bits per heavy atom. The monoisotopic (exact) mass is 382 g/mol. The summed E-state index contributed by atoms with van der Waals surface area (Å²) in [6, 6.07) is 4.08. The van der Waals surface area contributed by atoms with E-state index in [-0.39, 0.29) is 0 Å². The number of benzene rings is 1. The molecule has 1 fully saturated rings. The van der Waals surface area contributed by atoms with Gasteiger partial charge in [-0.25, -0.2) is 8.78 Å². The quantitative estimate of drug-likeness (QED) is 0.392. The molecule has 2 N–H and O–H groups in total. The molecule has 1 saturated heterocycles. The van der Waals surface area contributed by atoms with Gasteiger partial charge < -0.3 is 20.3 Å². The maximum Gasteiger partial charge on any atom is 0.191 e. The van der Waals surface area contributed by atoms with Gasteiger partial charge in [-0.15, -0.1) is 0 Å². The van der Waals surface area contributed by atoms with E-state index in [9.17, 15) is 8.78 Å². The van der Waals surface area contributed by atoms with E-state index in [0.717, 1.165) is 64.1 Å². The number of hydrogen-bond donors (Lipinski definition) is 2. The van der Waals surface area contributed by atoms with Gasteiger partial charge in [0, 0.05) is 58.5 Å². The van der Waals surface area contributed by atoms with E-state index in [4.69, 9.17) is 4.74 Å². The fourth-order valence-corrected chi connectivity index (χ4v) is 3.26. The molecule has 1 aromatic carbocycles. The second-order valence-electron chi connectivity index (χ2n) is 6.85. The minimum Gasteiger partial charge on any atom is -0.385 e. The van der Waals surface area contributed by atoms with Crippen LogP contribution in [0.4, 0.5) is 8.78 Å². The molecule has 0 atom stereocenters. The molecule has 1 aliphatic rings. The zero-order valence-corrected chi connectivity index (χ0v) is 16.4. The summed E-state index contributed by atoms with van der Waals surface area (Å²) in [5.41, 5.74) is 0.486. The van der Waals surface area contributed by atoms with Crippen molar-refractivity contribution in [2.45, 2.75) is 38.6 Å². The number of nitrogens with zero attached hydrogens (tertiary/aromatic N) is 2. The molecule has 152 valence electrons. The number of aliphatic imine (C=N–C) groups is 1. The van der Waals surface area contributed by atoms with Crippen LogP contribution in [0, 0.1) is 11.6 Å². The summed E-state index contributed by atoms with van der Waals surface area (Å²) in [6.45, 7) is 7.28. The van der Waals surface area contributed by atoms with Crippen LogP contribution < -0.4 is 10.6 Å². The van der Waals surface area contributed by atoms with Crippen LogP contribution in [0.15, 0.2) is 23.2 Å². The first-order valence-electron chi connectivity index (χ1n) is 9.82. The molecule has 2 rings (SSSR count). The van der Waals surface area contributed by atoms with Crippen LogP contribution >= 0.6 is 0 Å². The van der Waals surface area contributed by atoms with Crippen molar-refractivity contribution in [3.8, 4) is 0 Å². The fraction of sp³-hybridized carbons (Fsp3) is 0.650. The van der Waals surface area contributed by atoms with E-state index in [2.05, 4.69) is 20.5 Å². The first-order valence-corrected chi connectivity index (χ1v) is 9.82. The van der Waals surface area contributed by atoms with Crippen LogP contribution in [0.25, 0.3) is 0 Å². The molecule has 5 nitrogen and oxygen atoms in total. The van der Waals surface area contributed by atoms with Crippen molar-refractivity contribution in [3.63, 3.8) is 0 Å². The molecule has 0 saturated carbocycles. The molecule has 7 heteroatoms. The smallest absolute Gasteiger partial charge is 0.191 e. The molecule has 0 aromatic heterocycles. The lowest BCUT2D eigenvalue weighted by atomic mass is 10.1. The highest BCUT2D eigenvalue weighted by Gasteiger charge is 2.19. The Hall–Kier alpha value is -1.73. The number of guanidine groups is 1. The Morgan fingerprint density at radius 2 is 2.07 bits per heavy atom. The Kier molecular flexibility index (Phi) is 9.48. The van der Waals surface area contributed by atoms with Crippen LogP contribution in [0.1, 0.15) is 31.7 Å². The molecule has 0 aliphatic carbocycles. The number of rotatable bonds is 9. The summed E-state index contributed by atoms with van der Waals surface area (Å²) in [5.74, 6) is -0.301. The van der Waals surface area contributed by atoms with E-state index in [1.807, 2.05) is 6.92 Å². The molecular weight excluding hydrogens is 350 g/mol. The molecule has 0 radical (unpaired) electrons. The summed E-state index contributed by atoms with van der Waals surface area (Å²) in [4.78, 5) is 7.02. The second kappa shape index (κ2) is 11.9. The van der Waals surface area contributed by atoms with Crippen molar-refractivity contribution in [2.75, 3.05) is 46.4 Å². The second-order valence-corrected chi connectivity index (χ2v) is 6.85. The predicted octanol–water partition coefficient (Wildman–Crippen LogP) is 2.56. The number of methoxy groups -OCH3 is 1. The normalized spacial score (nSPS) is 16.5. The van der Waals surface area contributed by atoms with E-state index >= 15 is 0 Å². The maximum atomic E-state index is 13.7. The zero-order chi connectivity index (χ0) is 19.5. The van der Waals surface area contributed by atoms with Gasteiger partial charge in [-0.1, -0.05) is 6.07 Å². The van der Waals surface area contributed by atoms with Crippen molar-refractivity contribution < 1.29 is 13.5 Å². The van der Waals surface area contributed by atoms with Gasteiger partial charge in [-0.2, -0.15) is 0 Å². The molecule has 27 heavy (non-hydrogen) atoms. The topological polar surface area (TPSA) is 48.9 Å². The maximum absolute atomic E-state index is 13.7. The highest BCUT2D eigenvalue weighted by molar-refractivity contribution is 5.80. The SMILES string of the molecule is CCNC(=NCCc1ccc(F)cc1F)NC1CCN(CCCOC)CC1. The lowest BCUT2D eigenvalue weighted by Crippen LogP contribution is -2.49. The van der Waals surface area contributed by atoms with Crippen molar-refractivity contribution in [3.05, 3.63) is 35.4 Å². The number of piperidine rings is 1. The Balaban J connectivity index is 1.78. The van der Waals surface area contributed by atoms with Gasteiger partial charge in [0.15, 0.2) is 5.96 Å². The number of ether oxygens (including phenoxy) is 1. The minimum absolute atomic E-state index is 0.393. The fourth-order valence-electron chi connectivity index (χ4n) is 3.26. The summed E-state index contributed by atoms with van der Waals surface area (Å²) in [5, 5.41) is 6.74. The Morgan fingerprint density at radius 1 is 1.30 bits per heavy atom. The number of hydrogen-bond acceptors (Lipinski definition) is 3. The lowest BCUT2D eigenvalue weighted by Gasteiger charge is -2.33. The molecule has 0 bridgehead atoms. The van der Waals surface area contributed by atoms with Crippen molar-refractivity contribution >= 4 is 5.96 Å². The number of nitrogens with one attached hydrogen (secondary N) is 2. The van der Waals surface area contributed by atoms with Gasteiger partial charge in [0.1, 0.15) is 11.6 Å². The van der Waals surface area contributed by atoms with Crippen molar-refractivity contribution in [1.29, 1.82) is 0 Å². The molecule has 0 amide bonds. The number of halogens is 2. The summed E-state index contributed by atoms with van der Waals surface area (Å²) >= 11 is 0. The number of likely N-dealkylation sites (tertiary alicyclic amines) is 1. The highest BCUT2D eigenvalue weighted by Crippen LogP contribution is 2.12. The van der Waals surface area contributed by atoms with Crippen LogP contribution in [-0.2, 0) is 11.2 Å². The third-order valence-corrected chi connectivity index (χ3v) is 4.76. The van der Waals surface area contributed by atoms with Crippen LogP contribution in [-0.4, -0.2) is 63.3 Å². The molecule has 1 aromatic rings. The highest BCUT2D eigenvalue weighted by atomic mass is 19.1. The first kappa shape index (κ1) is 21.6. The van der Waals surface area contributed by atoms with Crippen molar-refractivity contribution in [2.24, 2.45) is 4.99 Å². The lowest BCUT2D eigenvalue weighted by molar-refractivity contribution is 0.155. The van der Waals surface area contributed by atoms with Gasteiger partial charge in [0.05, 0.1) is 0 Å². The van der Waals surface area contributed by atoms with Gasteiger partial charge in [-0.3, -0.25) is 4.99 Å².